The molecule has 0 bridgehead atoms. The zero-order chi connectivity index (χ0) is 15.5. The highest BCUT2D eigenvalue weighted by Crippen LogP contribution is 2.20. The summed E-state index contributed by atoms with van der Waals surface area (Å²) in [5, 5.41) is 10.9. The number of sulfonamides is 1. The van der Waals surface area contributed by atoms with Crippen LogP contribution in [0.1, 0.15) is 12.0 Å². The minimum Gasteiger partial charge on any atom is -0.375 e. The molecule has 8 heteroatoms. The molecule has 1 fully saturated rings. The van der Waals surface area contributed by atoms with Gasteiger partial charge in [-0.15, -0.1) is 0 Å². The van der Waals surface area contributed by atoms with E-state index < -0.39 is 10.0 Å². The van der Waals surface area contributed by atoms with E-state index in [2.05, 4.69) is 10.6 Å². The van der Waals surface area contributed by atoms with Crippen LogP contribution in [0.15, 0.2) is 23.1 Å². The average molecular weight is 313 g/mol. The molecule has 1 amide bonds. The molecular formula is C13H19N3O4S. The van der Waals surface area contributed by atoms with E-state index in [0.29, 0.717) is 18.8 Å². The Morgan fingerprint density at radius 2 is 2.29 bits per heavy atom. The summed E-state index contributed by atoms with van der Waals surface area (Å²) in [4.78, 5) is 12.0. The first-order valence-corrected chi connectivity index (χ1v) is 8.16. The van der Waals surface area contributed by atoms with Gasteiger partial charge in [-0.25, -0.2) is 13.6 Å². The Morgan fingerprint density at radius 1 is 1.52 bits per heavy atom. The predicted octanol–water partition coefficient (Wildman–Crippen LogP) is -0.0406. The molecule has 1 aliphatic rings. The Hall–Kier alpha value is -1.48. The number of primary sulfonamides is 1. The minimum absolute atomic E-state index is 0.0287. The molecule has 4 N–H and O–H groups in total. The Labute approximate surface area is 123 Å². The fourth-order valence-corrected chi connectivity index (χ4v) is 2.61. The third-order valence-electron chi connectivity index (χ3n) is 3.23. The van der Waals surface area contributed by atoms with Gasteiger partial charge in [0.25, 0.3) is 0 Å². The lowest BCUT2D eigenvalue weighted by Gasteiger charge is -2.23. The van der Waals surface area contributed by atoms with Crippen LogP contribution in [0.2, 0.25) is 0 Å². The van der Waals surface area contributed by atoms with Gasteiger partial charge in [-0.3, -0.25) is 4.79 Å². The lowest BCUT2D eigenvalue weighted by atomic mass is 10.1. The Morgan fingerprint density at radius 3 is 2.90 bits per heavy atom. The van der Waals surface area contributed by atoms with Crippen LogP contribution in [-0.2, 0) is 19.6 Å². The van der Waals surface area contributed by atoms with Gasteiger partial charge >= 0.3 is 0 Å². The molecule has 0 spiro atoms. The van der Waals surface area contributed by atoms with Gasteiger partial charge in [-0.05, 0) is 24.6 Å². The van der Waals surface area contributed by atoms with E-state index in [4.69, 9.17) is 9.88 Å². The maximum atomic E-state index is 12.0. The molecule has 116 valence electrons. The molecule has 1 aromatic carbocycles. The molecule has 1 atom stereocenters. The number of benzene rings is 1. The zero-order valence-corrected chi connectivity index (χ0v) is 12.6. The lowest BCUT2D eigenvalue weighted by Crippen LogP contribution is -2.40. The minimum atomic E-state index is -3.79. The lowest BCUT2D eigenvalue weighted by molar-refractivity contribution is -0.119. The summed E-state index contributed by atoms with van der Waals surface area (Å²) in [7, 11) is -3.79. The number of anilines is 1. The molecule has 1 unspecified atom stereocenters. The Kier molecular flexibility index (Phi) is 4.94. The number of morpholine rings is 1. The summed E-state index contributed by atoms with van der Waals surface area (Å²) in [6.45, 7) is 3.77. The van der Waals surface area contributed by atoms with Crippen LogP contribution >= 0.6 is 0 Å². The van der Waals surface area contributed by atoms with Crippen LogP contribution in [0.5, 0.6) is 0 Å². The largest absolute Gasteiger partial charge is 0.375 e. The molecule has 0 aromatic heterocycles. The van der Waals surface area contributed by atoms with Crippen LogP contribution in [0, 0.1) is 6.92 Å². The van der Waals surface area contributed by atoms with Crippen molar-refractivity contribution < 1.29 is 17.9 Å². The van der Waals surface area contributed by atoms with Crippen molar-refractivity contribution in [3.05, 3.63) is 23.8 Å². The molecule has 0 aliphatic carbocycles. The molecule has 2 rings (SSSR count). The molecule has 1 heterocycles. The smallest absolute Gasteiger partial charge is 0.238 e. The summed E-state index contributed by atoms with van der Waals surface area (Å²) in [5.41, 5.74) is 1.20. The van der Waals surface area contributed by atoms with Gasteiger partial charge in [0.1, 0.15) is 0 Å². The van der Waals surface area contributed by atoms with Crippen LogP contribution in [-0.4, -0.2) is 40.1 Å². The predicted molar refractivity (Wildman–Crippen MR) is 78.4 cm³/mol. The number of hydrogen-bond donors (Lipinski definition) is 3. The second kappa shape index (κ2) is 6.52. The van der Waals surface area contributed by atoms with Crippen LogP contribution in [0.4, 0.5) is 5.69 Å². The van der Waals surface area contributed by atoms with Crippen LogP contribution < -0.4 is 15.8 Å². The first-order valence-electron chi connectivity index (χ1n) is 6.62. The van der Waals surface area contributed by atoms with Gasteiger partial charge in [0.05, 0.1) is 24.0 Å². The Balaban J connectivity index is 2.06. The molecule has 1 aliphatic heterocycles. The first kappa shape index (κ1) is 15.9. The highest BCUT2D eigenvalue weighted by molar-refractivity contribution is 7.89. The number of nitrogens with one attached hydrogen (secondary N) is 2. The monoisotopic (exact) mass is 313 g/mol. The highest BCUT2D eigenvalue weighted by atomic mass is 32.2. The number of hydrogen-bond acceptors (Lipinski definition) is 5. The van der Waals surface area contributed by atoms with Crippen molar-refractivity contribution in [2.75, 3.05) is 25.0 Å². The SMILES string of the molecule is Cc1ccc(S(N)(=O)=O)cc1NC(=O)CC1CNCCO1. The number of aryl methyl sites for hydroxylation is 1. The molecule has 1 aromatic rings. The van der Waals surface area contributed by atoms with E-state index in [1.165, 1.54) is 12.1 Å². The summed E-state index contributed by atoms with van der Waals surface area (Å²) in [6, 6.07) is 4.38. The van der Waals surface area contributed by atoms with Gasteiger partial charge in [0.2, 0.25) is 15.9 Å². The quantitative estimate of drug-likeness (QED) is 0.722. The van der Waals surface area contributed by atoms with Crippen LogP contribution in [0.25, 0.3) is 0 Å². The van der Waals surface area contributed by atoms with Crippen molar-refractivity contribution >= 4 is 21.6 Å². The molecule has 21 heavy (non-hydrogen) atoms. The molecule has 1 saturated heterocycles. The molecular weight excluding hydrogens is 294 g/mol. The van der Waals surface area contributed by atoms with Gasteiger partial charge in [-0.1, -0.05) is 6.07 Å². The first-order chi connectivity index (χ1) is 9.86. The van der Waals surface area contributed by atoms with E-state index in [9.17, 15) is 13.2 Å². The summed E-state index contributed by atoms with van der Waals surface area (Å²) in [6.07, 6.45) is 0.0481. The van der Waals surface area contributed by atoms with Crippen molar-refractivity contribution in [1.82, 2.24) is 5.32 Å². The van der Waals surface area contributed by atoms with Crippen molar-refractivity contribution in [2.45, 2.75) is 24.3 Å². The maximum Gasteiger partial charge on any atom is 0.238 e. The number of rotatable bonds is 4. The van der Waals surface area contributed by atoms with E-state index in [-0.39, 0.29) is 23.3 Å². The molecule has 0 radical (unpaired) electrons. The van der Waals surface area contributed by atoms with Crippen molar-refractivity contribution in [2.24, 2.45) is 5.14 Å². The van der Waals surface area contributed by atoms with E-state index in [1.807, 2.05) is 0 Å². The second-order valence-electron chi connectivity index (χ2n) is 4.97. The summed E-state index contributed by atoms with van der Waals surface area (Å²) >= 11 is 0. The van der Waals surface area contributed by atoms with Gasteiger partial charge in [-0.2, -0.15) is 0 Å². The van der Waals surface area contributed by atoms with Crippen molar-refractivity contribution in [3.8, 4) is 0 Å². The van der Waals surface area contributed by atoms with E-state index >= 15 is 0 Å². The maximum absolute atomic E-state index is 12.0. The molecule has 0 saturated carbocycles. The Bertz CT molecular complexity index is 624. The number of amides is 1. The normalized spacial score (nSPS) is 19.2. The summed E-state index contributed by atoms with van der Waals surface area (Å²) < 4.78 is 28.1. The number of nitrogens with two attached hydrogens (primary N) is 1. The molecule has 7 nitrogen and oxygen atoms in total. The third-order valence-corrected chi connectivity index (χ3v) is 4.14. The number of carbonyl (C=O) groups excluding carboxylic acids is 1. The van der Waals surface area contributed by atoms with Gasteiger partial charge in [0, 0.05) is 18.8 Å². The van der Waals surface area contributed by atoms with E-state index in [1.54, 1.807) is 13.0 Å². The van der Waals surface area contributed by atoms with Crippen molar-refractivity contribution in [1.29, 1.82) is 0 Å². The van der Waals surface area contributed by atoms with Gasteiger partial charge in [0.15, 0.2) is 0 Å². The number of ether oxygens (including phenoxy) is 1. The fourth-order valence-electron chi connectivity index (χ4n) is 2.07. The highest BCUT2D eigenvalue weighted by Gasteiger charge is 2.18. The summed E-state index contributed by atoms with van der Waals surface area (Å²) in [5.74, 6) is -0.224. The number of carbonyl (C=O) groups is 1. The van der Waals surface area contributed by atoms with Gasteiger partial charge < -0.3 is 15.4 Å². The topological polar surface area (TPSA) is 111 Å². The van der Waals surface area contributed by atoms with Crippen molar-refractivity contribution in [3.63, 3.8) is 0 Å². The second-order valence-corrected chi connectivity index (χ2v) is 6.53. The standard InChI is InChI=1S/C13H19N3O4S/c1-9-2-3-11(21(14,18)19)7-12(9)16-13(17)6-10-8-15-4-5-20-10/h2-3,7,10,15H,4-6,8H2,1H3,(H,16,17)(H2,14,18,19). The third kappa shape index (κ3) is 4.50. The van der Waals surface area contributed by atoms with E-state index in [0.717, 1.165) is 12.1 Å². The zero-order valence-electron chi connectivity index (χ0n) is 11.8. The fraction of sp³-hybridized carbons (Fsp3) is 0.462. The average Bonchev–Trinajstić information content (AvgIpc) is 2.41. The van der Waals surface area contributed by atoms with Crippen LogP contribution in [0.3, 0.4) is 0 Å².